The largest absolute Gasteiger partial charge is 0.492 e. The Morgan fingerprint density at radius 2 is 2.36 bits per heavy atom. The van der Waals surface area contributed by atoms with Gasteiger partial charge in [0.25, 0.3) is 0 Å². The second kappa shape index (κ2) is 3.71. The van der Waals surface area contributed by atoms with Crippen molar-refractivity contribution in [3.63, 3.8) is 0 Å². The van der Waals surface area contributed by atoms with E-state index in [1.165, 1.54) is 11.8 Å². The van der Waals surface area contributed by atoms with E-state index in [0.717, 1.165) is 22.6 Å². The number of benzene rings is 1. The van der Waals surface area contributed by atoms with E-state index in [0.29, 0.717) is 12.3 Å². The van der Waals surface area contributed by atoms with Gasteiger partial charge >= 0.3 is 0 Å². The molecular weight excluding hydrogens is 198 g/mol. The molecule has 14 heavy (non-hydrogen) atoms. The van der Waals surface area contributed by atoms with Crippen LogP contribution in [0, 0.1) is 6.92 Å². The molecule has 1 aromatic carbocycles. The molecular formula is C10H13NO2S. The molecule has 0 saturated heterocycles. The van der Waals surface area contributed by atoms with Crippen LogP contribution >= 0.6 is 11.8 Å². The number of nitrogen functional groups attached to an aromatic ring is 1. The lowest BCUT2D eigenvalue weighted by molar-refractivity contribution is 0.264. The number of hydrogen-bond acceptors (Lipinski definition) is 4. The van der Waals surface area contributed by atoms with Crippen LogP contribution in [0.25, 0.3) is 0 Å². The lowest BCUT2D eigenvalue weighted by Gasteiger charge is -2.14. The average molecular weight is 211 g/mol. The van der Waals surface area contributed by atoms with Crippen LogP contribution < -0.4 is 10.5 Å². The van der Waals surface area contributed by atoms with Crippen molar-refractivity contribution < 1.29 is 9.84 Å². The van der Waals surface area contributed by atoms with Crippen LogP contribution in [0.15, 0.2) is 12.1 Å². The summed E-state index contributed by atoms with van der Waals surface area (Å²) in [6, 6.07) is 3.63. The second-order valence-corrected chi connectivity index (χ2v) is 4.51. The number of ether oxygens (including phenoxy) is 1. The Hall–Kier alpha value is -0.870. The van der Waals surface area contributed by atoms with Gasteiger partial charge in [0.15, 0.2) is 0 Å². The maximum absolute atomic E-state index is 9.86. The van der Waals surface area contributed by atoms with Gasteiger partial charge in [-0.1, -0.05) is 0 Å². The van der Waals surface area contributed by atoms with E-state index in [1.54, 1.807) is 6.07 Å². The fraction of sp³-hybridized carbons (Fsp3) is 0.400. The monoisotopic (exact) mass is 211 g/mol. The zero-order chi connectivity index (χ0) is 10.1. The zero-order valence-electron chi connectivity index (χ0n) is 7.99. The van der Waals surface area contributed by atoms with E-state index in [-0.39, 0.29) is 0 Å². The molecule has 3 N–H and O–H groups in total. The Kier molecular flexibility index (Phi) is 2.56. The molecule has 0 spiro atoms. The quantitative estimate of drug-likeness (QED) is 0.641. The fourth-order valence-electron chi connectivity index (χ4n) is 1.62. The number of rotatable bonds is 0. The Morgan fingerprint density at radius 1 is 1.57 bits per heavy atom. The van der Waals surface area contributed by atoms with Gasteiger partial charge in [-0.15, -0.1) is 11.8 Å². The van der Waals surface area contributed by atoms with E-state index >= 15 is 0 Å². The standard InChI is InChI=1S/C10H13NO2S/c1-6-4-7(11)5-8-9(6)10(12)14-3-2-13-8/h4-5,10,12H,2-3,11H2,1H3. The summed E-state index contributed by atoms with van der Waals surface area (Å²) < 4.78 is 5.52. The SMILES string of the molecule is Cc1cc(N)cc2c1C(O)SCCO2. The van der Waals surface area contributed by atoms with Crippen molar-refractivity contribution in [1.82, 2.24) is 0 Å². The first-order valence-corrected chi connectivity index (χ1v) is 5.56. The number of aliphatic hydroxyl groups is 1. The van der Waals surface area contributed by atoms with Gasteiger partial charge in [0.2, 0.25) is 0 Å². The molecule has 1 aliphatic rings. The Balaban J connectivity index is 2.53. The summed E-state index contributed by atoms with van der Waals surface area (Å²) in [5.41, 5.74) is 7.75. The van der Waals surface area contributed by atoms with Crippen molar-refractivity contribution in [2.75, 3.05) is 18.1 Å². The van der Waals surface area contributed by atoms with Gasteiger partial charge in [-0.3, -0.25) is 0 Å². The van der Waals surface area contributed by atoms with Crippen molar-refractivity contribution in [2.45, 2.75) is 12.4 Å². The summed E-state index contributed by atoms with van der Waals surface area (Å²) in [6.45, 7) is 2.56. The van der Waals surface area contributed by atoms with E-state index in [1.807, 2.05) is 13.0 Å². The minimum absolute atomic E-state index is 0.493. The fourth-order valence-corrected chi connectivity index (χ4v) is 2.49. The molecule has 3 nitrogen and oxygen atoms in total. The molecule has 76 valence electrons. The summed E-state index contributed by atoms with van der Waals surface area (Å²) in [5.74, 6) is 1.52. The smallest absolute Gasteiger partial charge is 0.129 e. The van der Waals surface area contributed by atoms with Crippen LogP contribution in [-0.4, -0.2) is 17.5 Å². The first kappa shape index (κ1) is 9.68. The minimum Gasteiger partial charge on any atom is -0.492 e. The number of aryl methyl sites for hydroxylation is 1. The molecule has 0 radical (unpaired) electrons. The number of anilines is 1. The van der Waals surface area contributed by atoms with Crippen LogP contribution in [0.2, 0.25) is 0 Å². The molecule has 1 heterocycles. The lowest BCUT2D eigenvalue weighted by Crippen LogP contribution is -2.00. The van der Waals surface area contributed by atoms with Gasteiger partial charge in [-0.2, -0.15) is 0 Å². The lowest BCUT2D eigenvalue weighted by atomic mass is 10.1. The molecule has 0 fully saturated rings. The van der Waals surface area contributed by atoms with Crippen LogP contribution in [0.1, 0.15) is 16.6 Å². The van der Waals surface area contributed by atoms with Crippen LogP contribution in [-0.2, 0) is 0 Å². The van der Waals surface area contributed by atoms with E-state index in [9.17, 15) is 5.11 Å². The highest BCUT2D eigenvalue weighted by molar-refractivity contribution is 7.99. The third kappa shape index (κ3) is 1.67. The summed E-state index contributed by atoms with van der Waals surface area (Å²) in [4.78, 5) is 0. The molecule has 0 aliphatic carbocycles. The molecule has 4 heteroatoms. The van der Waals surface area contributed by atoms with Crippen molar-refractivity contribution >= 4 is 17.4 Å². The summed E-state index contributed by atoms with van der Waals surface area (Å²) >= 11 is 1.49. The van der Waals surface area contributed by atoms with Gasteiger partial charge in [0.1, 0.15) is 11.2 Å². The van der Waals surface area contributed by atoms with Gasteiger partial charge < -0.3 is 15.6 Å². The van der Waals surface area contributed by atoms with E-state index < -0.39 is 5.44 Å². The molecule has 0 bridgehead atoms. The van der Waals surface area contributed by atoms with Crippen LogP contribution in [0.5, 0.6) is 5.75 Å². The molecule has 1 unspecified atom stereocenters. The third-order valence-corrected chi connectivity index (χ3v) is 3.19. The number of fused-ring (bicyclic) bond motifs is 1. The maximum Gasteiger partial charge on any atom is 0.129 e. The first-order chi connectivity index (χ1) is 6.68. The predicted molar refractivity (Wildman–Crippen MR) is 58.5 cm³/mol. The Morgan fingerprint density at radius 3 is 3.14 bits per heavy atom. The molecule has 2 rings (SSSR count). The van der Waals surface area contributed by atoms with Crippen molar-refractivity contribution in [2.24, 2.45) is 0 Å². The predicted octanol–water partition coefficient (Wildman–Crippen LogP) is 1.69. The number of aliphatic hydroxyl groups excluding tert-OH is 1. The summed E-state index contributed by atoms with van der Waals surface area (Å²) in [6.07, 6.45) is 0. The zero-order valence-corrected chi connectivity index (χ0v) is 8.80. The van der Waals surface area contributed by atoms with E-state index in [2.05, 4.69) is 0 Å². The highest BCUT2D eigenvalue weighted by Gasteiger charge is 2.20. The topological polar surface area (TPSA) is 55.5 Å². The minimum atomic E-state index is -0.493. The number of thioether (sulfide) groups is 1. The first-order valence-electron chi connectivity index (χ1n) is 4.51. The Bertz CT molecular complexity index is 354. The molecule has 0 saturated carbocycles. The van der Waals surface area contributed by atoms with Gasteiger partial charge in [-0.25, -0.2) is 0 Å². The molecule has 1 aliphatic heterocycles. The normalized spacial score (nSPS) is 20.9. The van der Waals surface area contributed by atoms with Gasteiger partial charge in [0.05, 0.1) is 6.61 Å². The molecule has 1 atom stereocenters. The third-order valence-electron chi connectivity index (χ3n) is 2.23. The highest BCUT2D eigenvalue weighted by Crippen LogP contribution is 2.38. The van der Waals surface area contributed by atoms with E-state index in [4.69, 9.17) is 10.5 Å². The molecule has 0 aromatic heterocycles. The second-order valence-electron chi connectivity index (χ2n) is 3.32. The Labute approximate surface area is 87.3 Å². The van der Waals surface area contributed by atoms with Gasteiger partial charge in [-0.05, 0) is 18.6 Å². The molecule has 0 amide bonds. The van der Waals surface area contributed by atoms with Crippen molar-refractivity contribution in [3.8, 4) is 5.75 Å². The maximum atomic E-state index is 9.86. The van der Waals surface area contributed by atoms with Gasteiger partial charge in [0, 0.05) is 23.1 Å². The number of hydrogen-bond donors (Lipinski definition) is 2. The summed E-state index contributed by atoms with van der Waals surface area (Å²) in [5, 5.41) is 9.86. The average Bonchev–Trinajstić information content (AvgIpc) is 2.27. The number of nitrogens with two attached hydrogens (primary N) is 1. The molecule has 1 aromatic rings. The van der Waals surface area contributed by atoms with Crippen LogP contribution in [0.4, 0.5) is 5.69 Å². The van der Waals surface area contributed by atoms with Crippen LogP contribution in [0.3, 0.4) is 0 Å². The highest BCUT2D eigenvalue weighted by atomic mass is 32.2. The van der Waals surface area contributed by atoms with Crippen molar-refractivity contribution in [3.05, 3.63) is 23.3 Å². The summed E-state index contributed by atoms with van der Waals surface area (Å²) in [7, 11) is 0. The van der Waals surface area contributed by atoms with Crippen molar-refractivity contribution in [1.29, 1.82) is 0 Å².